The predicted octanol–water partition coefficient (Wildman–Crippen LogP) is 8.25. The van der Waals surface area contributed by atoms with Crippen molar-refractivity contribution in [2.75, 3.05) is 0 Å². The minimum absolute atomic E-state index is 0.0496. The average Bonchev–Trinajstić information content (AvgIpc) is 2.77. The quantitative estimate of drug-likeness (QED) is 0.344. The van der Waals surface area contributed by atoms with Crippen molar-refractivity contribution in [2.45, 2.75) is 67.4 Å². The van der Waals surface area contributed by atoms with Gasteiger partial charge in [0, 0.05) is 17.5 Å². The van der Waals surface area contributed by atoms with Gasteiger partial charge in [-0.2, -0.15) is 57.1 Å². The van der Waals surface area contributed by atoms with E-state index in [2.05, 4.69) is 4.98 Å². The fourth-order valence-electron chi connectivity index (χ4n) is 4.39. The first kappa shape index (κ1) is 27.3. The number of hydrogen-bond acceptors (Lipinski definition) is 1. The third kappa shape index (κ3) is 3.90. The average molecular weight is 529 g/mol. The third-order valence-corrected chi connectivity index (χ3v) is 6.27. The molecule has 2 unspecified atom stereocenters. The topological polar surface area (TPSA) is 12.9 Å². The molecular weight excluding hydrogens is 513 g/mol. The maximum Gasteiger partial charge on any atom is 0.460 e. The number of halogens is 13. The van der Waals surface area contributed by atoms with Gasteiger partial charge in [0.05, 0.1) is 5.52 Å². The van der Waals surface area contributed by atoms with E-state index in [0.29, 0.717) is 0 Å². The van der Waals surface area contributed by atoms with Gasteiger partial charge in [0.2, 0.25) is 0 Å². The lowest BCUT2D eigenvalue weighted by molar-refractivity contribution is -0.443. The van der Waals surface area contributed by atoms with Crippen molar-refractivity contribution in [3.05, 3.63) is 42.1 Å². The van der Waals surface area contributed by atoms with Crippen LogP contribution in [0.25, 0.3) is 10.9 Å². The molecule has 2 atom stereocenters. The summed E-state index contributed by atoms with van der Waals surface area (Å²) in [6, 6.07) is 6.88. The Morgan fingerprint density at radius 1 is 0.629 bits per heavy atom. The van der Waals surface area contributed by atoms with Gasteiger partial charge in [0.15, 0.2) is 0 Å². The first-order valence-electron chi connectivity index (χ1n) is 10.1. The van der Waals surface area contributed by atoms with Gasteiger partial charge in [-0.05, 0) is 36.5 Å². The number of fused-ring (bicyclic) bond motifs is 1. The molecule has 0 amide bonds. The molecule has 1 saturated carbocycles. The van der Waals surface area contributed by atoms with Gasteiger partial charge in [0.25, 0.3) is 0 Å². The van der Waals surface area contributed by atoms with Crippen LogP contribution in [0.5, 0.6) is 0 Å². The normalized spacial score (nSPS) is 21.4. The second-order valence-corrected chi connectivity index (χ2v) is 8.33. The van der Waals surface area contributed by atoms with E-state index in [0.717, 1.165) is 12.3 Å². The second kappa shape index (κ2) is 8.39. The maximum atomic E-state index is 15.0. The number of aromatic nitrogens is 1. The molecule has 3 rings (SSSR count). The zero-order chi connectivity index (χ0) is 26.7. The highest BCUT2D eigenvalue weighted by Gasteiger charge is 2.91. The fraction of sp³-hybridized carbons (Fsp3) is 0.571. The van der Waals surface area contributed by atoms with E-state index in [1.54, 1.807) is 0 Å². The molecule has 1 aliphatic carbocycles. The number of nitrogens with zero attached hydrogens (tertiary/aromatic N) is 1. The molecule has 0 N–H and O–H groups in total. The van der Waals surface area contributed by atoms with Crippen LogP contribution in [-0.4, -0.2) is 40.8 Å². The molecule has 0 bridgehead atoms. The summed E-state index contributed by atoms with van der Waals surface area (Å²) in [6.07, 6.45) is -7.57. The van der Waals surface area contributed by atoms with Crippen LogP contribution in [0.4, 0.5) is 57.1 Å². The highest BCUT2D eigenvalue weighted by molar-refractivity contribution is 5.82. The van der Waals surface area contributed by atoms with Crippen LogP contribution in [0.1, 0.15) is 37.2 Å². The van der Waals surface area contributed by atoms with Gasteiger partial charge in [-0.1, -0.05) is 31.0 Å². The fourth-order valence-corrected chi connectivity index (χ4v) is 4.39. The zero-order valence-corrected chi connectivity index (χ0v) is 17.3. The van der Waals surface area contributed by atoms with E-state index < -0.39 is 54.0 Å². The molecule has 1 fully saturated rings. The van der Waals surface area contributed by atoms with Crippen LogP contribution in [0, 0.1) is 5.92 Å². The van der Waals surface area contributed by atoms with Gasteiger partial charge >= 0.3 is 35.8 Å². The Morgan fingerprint density at radius 2 is 1.17 bits per heavy atom. The number of alkyl halides is 13. The Hall–Kier alpha value is -2.28. The summed E-state index contributed by atoms with van der Waals surface area (Å²) in [5, 5.41) is 0.173. The third-order valence-electron chi connectivity index (χ3n) is 6.27. The predicted molar refractivity (Wildman–Crippen MR) is 97.2 cm³/mol. The van der Waals surface area contributed by atoms with E-state index in [1.807, 2.05) is 0 Å². The summed E-state index contributed by atoms with van der Waals surface area (Å²) in [5.41, 5.74) is 0.164. The summed E-state index contributed by atoms with van der Waals surface area (Å²) >= 11 is 0. The molecular formula is C21H16F13N. The molecule has 1 aromatic carbocycles. The van der Waals surface area contributed by atoms with E-state index in [-0.39, 0.29) is 35.7 Å². The Kier molecular flexibility index (Phi) is 6.55. The largest absolute Gasteiger partial charge is 0.460 e. The standard InChI is InChI=1S/C21H16F13N/c22-16(23,17(24,25)18(26,27)19(28,29)20(30,31)21(32,33)34)14-7-3-1-5-12(14)11-9-10-35-15-8-4-2-6-13(11)15/h2,4,6,8-10,12,14H,1,3,5,7H2. The molecule has 35 heavy (non-hydrogen) atoms. The first-order chi connectivity index (χ1) is 15.8. The summed E-state index contributed by atoms with van der Waals surface area (Å²) in [5.74, 6) is -41.2. The zero-order valence-electron chi connectivity index (χ0n) is 17.3. The molecule has 0 radical (unpaired) electrons. The van der Waals surface area contributed by atoms with Crippen molar-refractivity contribution in [2.24, 2.45) is 5.92 Å². The van der Waals surface area contributed by atoms with E-state index in [1.165, 1.54) is 24.3 Å². The van der Waals surface area contributed by atoms with Gasteiger partial charge in [-0.25, -0.2) is 0 Å². The van der Waals surface area contributed by atoms with Crippen molar-refractivity contribution in [1.29, 1.82) is 0 Å². The molecule has 2 aromatic rings. The molecule has 0 spiro atoms. The van der Waals surface area contributed by atoms with Gasteiger partial charge < -0.3 is 0 Å². The monoisotopic (exact) mass is 529 g/mol. The van der Waals surface area contributed by atoms with Gasteiger partial charge in [-0.15, -0.1) is 0 Å². The first-order valence-corrected chi connectivity index (χ1v) is 10.1. The molecule has 196 valence electrons. The highest BCUT2D eigenvalue weighted by Crippen LogP contribution is 2.63. The summed E-state index contributed by atoms with van der Waals surface area (Å²) in [6.45, 7) is 0. The molecule has 0 saturated heterocycles. The minimum atomic E-state index is -7.89. The van der Waals surface area contributed by atoms with Crippen molar-refractivity contribution < 1.29 is 57.1 Å². The van der Waals surface area contributed by atoms with Crippen molar-refractivity contribution in [3.8, 4) is 0 Å². The van der Waals surface area contributed by atoms with Crippen molar-refractivity contribution >= 4 is 10.9 Å². The highest BCUT2D eigenvalue weighted by atomic mass is 19.4. The maximum absolute atomic E-state index is 15.0. The van der Waals surface area contributed by atoms with Crippen LogP contribution >= 0.6 is 0 Å². The lowest BCUT2D eigenvalue weighted by Crippen LogP contribution is -2.71. The van der Waals surface area contributed by atoms with Crippen LogP contribution in [0.15, 0.2) is 36.5 Å². The molecule has 1 aliphatic rings. The molecule has 1 heterocycles. The van der Waals surface area contributed by atoms with Crippen LogP contribution in [0.3, 0.4) is 0 Å². The molecule has 14 heteroatoms. The number of para-hydroxylation sites is 1. The Balaban J connectivity index is 2.11. The number of rotatable bonds is 6. The Labute approximate surface area is 189 Å². The number of benzene rings is 1. The van der Waals surface area contributed by atoms with Gasteiger partial charge in [0.1, 0.15) is 0 Å². The van der Waals surface area contributed by atoms with Crippen molar-refractivity contribution in [1.82, 2.24) is 4.98 Å². The number of pyridine rings is 1. The summed E-state index contributed by atoms with van der Waals surface area (Å²) in [7, 11) is 0. The lowest BCUT2D eigenvalue weighted by Gasteiger charge is -2.45. The SMILES string of the molecule is FC(F)(F)C(F)(F)C(F)(F)C(F)(F)C(F)(F)C(F)(F)C1CCCCC1c1ccnc2ccccc12. The van der Waals surface area contributed by atoms with E-state index >= 15 is 8.78 Å². The van der Waals surface area contributed by atoms with E-state index in [4.69, 9.17) is 0 Å². The molecule has 0 aliphatic heterocycles. The van der Waals surface area contributed by atoms with Gasteiger partial charge in [-0.3, -0.25) is 4.98 Å². The lowest BCUT2D eigenvalue weighted by atomic mass is 9.69. The Bertz CT molecular complexity index is 1060. The number of hydrogen-bond donors (Lipinski definition) is 0. The second-order valence-electron chi connectivity index (χ2n) is 8.33. The van der Waals surface area contributed by atoms with Crippen molar-refractivity contribution in [3.63, 3.8) is 0 Å². The minimum Gasteiger partial charge on any atom is -0.256 e. The van der Waals surface area contributed by atoms with E-state index in [9.17, 15) is 48.3 Å². The molecule has 1 aromatic heterocycles. The van der Waals surface area contributed by atoms with Crippen LogP contribution in [0.2, 0.25) is 0 Å². The smallest absolute Gasteiger partial charge is 0.256 e. The summed E-state index contributed by atoms with van der Waals surface area (Å²) < 4.78 is 178. The molecule has 1 nitrogen and oxygen atoms in total. The van der Waals surface area contributed by atoms with Crippen LogP contribution in [-0.2, 0) is 0 Å². The van der Waals surface area contributed by atoms with Crippen LogP contribution < -0.4 is 0 Å². The Morgan fingerprint density at radius 3 is 1.77 bits per heavy atom. The summed E-state index contributed by atoms with van der Waals surface area (Å²) in [4.78, 5) is 3.95.